The lowest BCUT2D eigenvalue weighted by molar-refractivity contribution is -0.151. The van der Waals surface area contributed by atoms with Crippen LogP contribution in [0.25, 0.3) is 0 Å². The van der Waals surface area contributed by atoms with Gasteiger partial charge in [0.15, 0.2) is 0 Å². The summed E-state index contributed by atoms with van der Waals surface area (Å²) in [5, 5.41) is 19.1. The summed E-state index contributed by atoms with van der Waals surface area (Å²) in [7, 11) is 0. The van der Waals surface area contributed by atoms with Crippen LogP contribution in [0.4, 0.5) is 5.69 Å². The lowest BCUT2D eigenvalue weighted by Crippen LogP contribution is -2.55. The minimum atomic E-state index is -0.368. The lowest BCUT2D eigenvalue weighted by atomic mass is 10.1. The van der Waals surface area contributed by atoms with E-state index in [2.05, 4.69) is 15.5 Å². The van der Waals surface area contributed by atoms with Crippen LogP contribution in [0.5, 0.6) is 0 Å². The fourth-order valence-corrected chi connectivity index (χ4v) is 2.75. The Hall–Kier alpha value is -1.44. The van der Waals surface area contributed by atoms with Crippen LogP contribution < -0.4 is 5.32 Å². The summed E-state index contributed by atoms with van der Waals surface area (Å²) in [5.41, 5.74) is 1.99. The second-order valence-corrected chi connectivity index (χ2v) is 6.21. The van der Waals surface area contributed by atoms with E-state index in [1.807, 2.05) is 32.6 Å². The molecule has 1 aliphatic rings. The highest BCUT2D eigenvalue weighted by Crippen LogP contribution is 2.21. The molecule has 1 saturated heterocycles. The zero-order chi connectivity index (χ0) is 15.6. The van der Waals surface area contributed by atoms with Crippen molar-refractivity contribution in [1.29, 1.82) is 0 Å². The van der Waals surface area contributed by atoms with Crippen molar-refractivity contribution in [1.82, 2.24) is 15.1 Å². The first-order chi connectivity index (χ1) is 9.80. The average Bonchev–Trinajstić information content (AvgIpc) is 2.68. The molecule has 1 aromatic rings. The smallest absolute Gasteiger partial charge is 0.238 e. The summed E-state index contributed by atoms with van der Waals surface area (Å²) >= 11 is 0. The Balaban J connectivity index is 1.96. The van der Waals surface area contributed by atoms with Crippen LogP contribution in [0.15, 0.2) is 0 Å². The van der Waals surface area contributed by atoms with Crippen LogP contribution in [-0.2, 0) is 9.53 Å². The molecule has 1 fully saturated rings. The van der Waals surface area contributed by atoms with Gasteiger partial charge < -0.3 is 15.2 Å². The number of H-pyrrole nitrogens is 1. The number of anilines is 1. The van der Waals surface area contributed by atoms with E-state index >= 15 is 0 Å². The molecule has 7 heteroatoms. The van der Waals surface area contributed by atoms with E-state index in [9.17, 15) is 9.90 Å². The number of hydrogen-bond acceptors (Lipinski definition) is 5. The number of aliphatic hydroxyl groups excluding tert-OH is 1. The first-order valence-electron chi connectivity index (χ1n) is 7.13. The SMILES string of the molecule is Cc1n[nH]c(C)c1NC(=O)CN1CC(CO)OC(C)(C)C1. The number of carbonyl (C=O) groups excluding carboxylic acids is 1. The molecule has 21 heavy (non-hydrogen) atoms. The van der Waals surface area contributed by atoms with Crippen molar-refractivity contribution in [2.75, 3.05) is 31.6 Å². The number of ether oxygens (including phenoxy) is 1. The van der Waals surface area contributed by atoms with Gasteiger partial charge in [0.25, 0.3) is 0 Å². The van der Waals surface area contributed by atoms with Crippen molar-refractivity contribution in [2.45, 2.75) is 39.4 Å². The molecule has 1 aromatic heterocycles. The number of nitrogens with zero attached hydrogens (tertiary/aromatic N) is 2. The molecular formula is C14H24N4O3. The molecule has 1 aliphatic heterocycles. The highest BCUT2D eigenvalue weighted by atomic mass is 16.5. The topological polar surface area (TPSA) is 90.5 Å². The first-order valence-corrected chi connectivity index (χ1v) is 7.13. The Kier molecular flexibility index (Phi) is 4.65. The van der Waals surface area contributed by atoms with Crippen LogP contribution in [0, 0.1) is 13.8 Å². The van der Waals surface area contributed by atoms with Crippen LogP contribution in [-0.4, -0.2) is 64.1 Å². The summed E-state index contributed by atoms with van der Waals surface area (Å²) in [6.45, 7) is 9.08. The third-order valence-corrected chi connectivity index (χ3v) is 3.52. The number of nitrogens with one attached hydrogen (secondary N) is 2. The van der Waals surface area contributed by atoms with E-state index in [0.29, 0.717) is 13.1 Å². The van der Waals surface area contributed by atoms with Gasteiger partial charge in [-0.05, 0) is 27.7 Å². The third-order valence-electron chi connectivity index (χ3n) is 3.52. The number of morpholine rings is 1. The monoisotopic (exact) mass is 296 g/mol. The first kappa shape index (κ1) is 15.9. The van der Waals surface area contributed by atoms with Gasteiger partial charge in [0.1, 0.15) is 0 Å². The van der Waals surface area contributed by atoms with Crippen molar-refractivity contribution >= 4 is 11.6 Å². The number of amides is 1. The Labute approximate surface area is 124 Å². The van der Waals surface area contributed by atoms with Crippen molar-refractivity contribution in [3.8, 4) is 0 Å². The number of hydrogen-bond donors (Lipinski definition) is 3. The average molecular weight is 296 g/mol. The number of aromatic nitrogens is 2. The molecule has 0 bridgehead atoms. The molecule has 118 valence electrons. The van der Waals surface area contributed by atoms with Gasteiger partial charge >= 0.3 is 0 Å². The van der Waals surface area contributed by atoms with Gasteiger partial charge in [-0.25, -0.2) is 0 Å². The molecule has 0 spiro atoms. The Bertz CT molecular complexity index is 493. The van der Waals surface area contributed by atoms with E-state index < -0.39 is 0 Å². The van der Waals surface area contributed by atoms with Gasteiger partial charge in [-0.1, -0.05) is 0 Å². The Morgan fingerprint density at radius 2 is 2.29 bits per heavy atom. The fraction of sp³-hybridized carbons (Fsp3) is 0.714. The van der Waals surface area contributed by atoms with Crippen molar-refractivity contribution in [3.05, 3.63) is 11.4 Å². The van der Waals surface area contributed by atoms with Crippen LogP contribution in [0.3, 0.4) is 0 Å². The maximum Gasteiger partial charge on any atom is 0.238 e. The summed E-state index contributed by atoms with van der Waals surface area (Å²) < 4.78 is 5.74. The summed E-state index contributed by atoms with van der Waals surface area (Å²) in [6, 6.07) is 0. The summed E-state index contributed by atoms with van der Waals surface area (Å²) in [4.78, 5) is 14.2. The van der Waals surface area contributed by atoms with E-state index in [4.69, 9.17) is 4.74 Å². The molecule has 1 amide bonds. The highest BCUT2D eigenvalue weighted by Gasteiger charge is 2.33. The minimum absolute atomic E-state index is 0.0402. The highest BCUT2D eigenvalue weighted by molar-refractivity contribution is 5.93. The molecular weight excluding hydrogens is 272 g/mol. The van der Waals surface area contributed by atoms with Crippen molar-refractivity contribution in [2.24, 2.45) is 0 Å². The normalized spacial score (nSPS) is 22.2. The summed E-state index contributed by atoms with van der Waals surface area (Å²) in [6.07, 6.45) is -0.251. The molecule has 2 rings (SSSR count). The van der Waals surface area contributed by atoms with Gasteiger partial charge in [-0.15, -0.1) is 0 Å². The van der Waals surface area contributed by atoms with Crippen LogP contribution in [0.2, 0.25) is 0 Å². The molecule has 0 saturated carbocycles. The van der Waals surface area contributed by atoms with Crippen LogP contribution in [0.1, 0.15) is 25.2 Å². The second kappa shape index (κ2) is 6.13. The van der Waals surface area contributed by atoms with E-state index in [1.54, 1.807) is 0 Å². The van der Waals surface area contributed by atoms with E-state index in [-0.39, 0.29) is 30.8 Å². The predicted molar refractivity (Wildman–Crippen MR) is 79.2 cm³/mol. The largest absolute Gasteiger partial charge is 0.394 e. The molecule has 2 heterocycles. The van der Waals surface area contributed by atoms with Crippen LogP contribution >= 0.6 is 0 Å². The summed E-state index contributed by atoms with van der Waals surface area (Å²) in [5.74, 6) is -0.0861. The third kappa shape index (κ3) is 4.03. The fourth-order valence-electron chi connectivity index (χ4n) is 2.75. The zero-order valence-electron chi connectivity index (χ0n) is 13.1. The maximum absolute atomic E-state index is 12.2. The molecule has 7 nitrogen and oxygen atoms in total. The van der Waals surface area contributed by atoms with E-state index in [0.717, 1.165) is 17.1 Å². The Morgan fingerprint density at radius 1 is 1.57 bits per heavy atom. The number of aromatic amines is 1. The van der Waals surface area contributed by atoms with Crippen molar-refractivity contribution < 1.29 is 14.6 Å². The van der Waals surface area contributed by atoms with Gasteiger partial charge in [0.2, 0.25) is 5.91 Å². The van der Waals surface area contributed by atoms with Gasteiger partial charge in [-0.2, -0.15) is 5.10 Å². The number of aryl methyl sites for hydroxylation is 2. The van der Waals surface area contributed by atoms with Gasteiger partial charge in [0, 0.05) is 13.1 Å². The zero-order valence-corrected chi connectivity index (χ0v) is 13.1. The number of carbonyl (C=O) groups is 1. The van der Waals surface area contributed by atoms with Gasteiger partial charge in [-0.3, -0.25) is 14.8 Å². The molecule has 1 unspecified atom stereocenters. The number of rotatable bonds is 4. The Morgan fingerprint density at radius 3 is 2.86 bits per heavy atom. The molecule has 0 aromatic carbocycles. The standard InChI is InChI=1S/C14H24N4O3/c1-9-13(10(2)17-16-9)15-12(20)6-18-5-11(7-19)21-14(3,4)8-18/h11,19H,5-8H2,1-4H3,(H,15,20)(H,16,17). The quantitative estimate of drug-likeness (QED) is 0.750. The molecule has 0 aliphatic carbocycles. The lowest BCUT2D eigenvalue weighted by Gasteiger charge is -2.41. The molecule has 1 atom stereocenters. The minimum Gasteiger partial charge on any atom is -0.394 e. The molecule has 0 radical (unpaired) electrons. The number of aliphatic hydroxyl groups is 1. The second-order valence-electron chi connectivity index (χ2n) is 6.21. The van der Waals surface area contributed by atoms with E-state index in [1.165, 1.54) is 0 Å². The predicted octanol–water partition coefficient (Wildman–Crippen LogP) is 0.437. The molecule has 3 N–H and O–H groups in total. The van der Waals surface area contributed by atoms with Gasteiger partial charge in [0.05, 0.1) is 41.9 Å². The van der Waals surface area contributed by atoms with Crippen molar-refractivity contribution in [3.63, 3.8) is 0 Å². The maximum atomic E-state index is 12.2.